The Morgan fingerprint density at radius 3 is 2.94 bits per heavy atom. The molecule has 0 aromatic heterocycles. The van der Waals surface area contributed by atoms with Gasteiger partial charge in [0.15, 0.2) is 0 Å². The lowest BCUT2D eigenvalue weighted by Gasteiger charge is -2.32. The zero-order chi connectivity index (χ0) is 22.5. The Hall–Kier alpha value is -2.17. The molecule has 2 atom stereocenters. The summed E-state index contributed by atoms with van der Waals surface area (Å²) >= 11 is 6.61. The number of aliphatic imine (C=N–C) groups is 1. The van der Waals surface area contributed by atoms with E-state index in [0.717, 1.165) is 18.5 Å². The number of nitrogens with zero attached hydrogens (tertiary/aromatic N) is 4. The molecule has 0 bridgehead atoms. The average molecular weight is 488 g/mol. The molecule has 0 aliphatic carbocycles. The molecule has 0 spiro atoms. The van der Waals surface area contributed by atoms with Gasteiger partial charge in [0, 0.05) is 35.7 Å². The molecule has 2 saturated heterocycles. The fraction of sp³-hybridized carbons (Fsp3) is 0.435. The largest absolute Gasteiger partial charge is 0.445 e. The topological polar surface area (TPSA) is 69.6 Å². The van der Waals surface area contributed by atoms with E-state index in [1.54, 1.807) is 5.01 Å². The van der Waals surface area contributed by atoms with Crippen molar-refractivity contribution in [2.45, 2.75) is 25.1 Å². The molecule has 174 valence electrons. The third-order valence-electron chi connectivity index (χ3n) is 6.70. The lowest BCUT2D eigenvalue weighted by Crippen LogP contribution is -2.51. The average Bonchev–Trinajstić information content (AvgIpc) is 3.49. The molecule has 5 aliphatic heterocycles. The minimum absolute atomic E-state index is 0.108. The molecule has 10 heteroatoms. The van der Waals surface area contributed by atoms with Crippen LogP contribution < -0.4 is 10.3 Å². The fourth-order valence-corrected chi connectivity index (χ4v) is 7.30. The monoisotopic (exact) mass is 487 g/mol. The third-order valence-corrected chi connectivity index (χ3v) is 9.07. The number of hydrogen-bond donors (Lipinski definition) is 1. The van der Waals surface area contributed by atoms with Crippen LogP contribution in [0, 0.1) is 0 Å². The summed E-state index contributed by atoms with van der Waals surface area (Å²) in [7, 11) is -0.118. The summed E-state index contributed by atoms with van der Waals surface area (Å²) < 4.78 is 11.3. The van der Waals surface area contributed by atoms with Crippen LogP contribution in [0.5, 0.6) is 0 Å². The molecular weight excluding hydrogens is 462 g/mol. The quantitative estimate of drug-likeness (QED) is 0.646. The number of amides is 1. The molecule has 33 heavy (non-hydrogen) atoms. The number of halogens is 1. The lowest BCUT2D eigenvalue weighted by molar-refractivity contribution is -0.0175. The van der Waals surface area contributed by atoms with E-state index in [-0.39, 0.29) is 28.8 Å². The zero-order valence-corrected chi connectivity index (χ0v) is 19.9. The Bertz CT molecular complexity index is 1130. The number of hydrazine groups is 1. The summed E-state index contributed by atoms with van der Waals surface area (Å²) in [5.41, 5.74) is 6.68. The number of hydrogen-bond acceptors (Lipinski definition) is 7. The van der Waals surface area contributed by atoms with Crippen molar-refractivity contribution in [2.24, 2.45) is 4.99 Å². The number of carbonyl (C=O) groups is 1. The molecule has 5 heterocycles. The number of fused-ring (bicyclic) bond motifs is 4. The van der Waals surface area contributed by atoms with Crippen molar-refractivity contribution in [1.82, 2.24) is 15.3 Å². The maximum atomic E-state index is 13.2. The molecule has 6 rings (SSSR count). The van der Waals surface area contributed by atoms with Gasteiger partial charge in [0.1, 0.15) is 12.3 Å². The van der Waals surface area contributed by atoms with Crippen LogP contribution in [0.2, 0.25) is 5.02 Å². The number of nitrogens with one attached hydrogen (secondary N) is 1. The first kappa shape index (κ1) is 21.4. The first-order valence-corrected chi connectivity index (χ1v) is 13.2. The fourth-order valence-electron chi connectivity index (χ4n) is 5.03. The number of rotatable bonds is 2. The summed E-state index contributed by atoms with van der Waals surface area (Å²) in [6.07, 6.45) is 7.23. The molecule has 2 unspecified atom stereocenters. The highest BCUT2D eigenvalue weighted by molar-refractivity contribution is 8.20. The first-order chi connectivity index (χ1) is 16.1. The highest BCUT2D eigenvalue weighted by Gasteiger charge is 2.45. The van der Waals surface area contributed by atoms with E-state index in [1.807, 2.05) is 30.5 Å². The molecule has 1 N–H and O–H groups in total. The van der Waals surface area contributed by atoms with E-state index in [4.69, 9.17) is 21.1 Å². The van der Waals surface area contributed by atoms with E-state index >= 15 is 0 Å². The van der Waals surface area contributed by atoms with Crippen LogP contribution in [-0.2, 0) is 9.47 Å². The number of ether oxygens (including phenoxy) is 2. The standard InChI is InChI=1S/C23H26ClN5O3S/c1-33-20-11-25-10-16(20)17-12-27(19-5-3-2-4-18(19)24)13-21-28(22(17)33)14-26-29(21)23(30)32-15-6-8-31-9-7-15/h2-5,11-12,15,21,26H,6-10,13-14H2,1H3. The highest BCUT2D eigenvalue weighted by atomic mass is 35.5. The third kappa shape index (κ3) is 3.63. The second-order valence-electron chi connectivity index (χ2n) is 8.61. The van der Waals surface area contributed by atoms with Gasteiger partial charge < -0.3 is 14.4 Å². The normalized spacial score (nSPS) is 27.5. The van der Waals surface area contributed by atoms with Crippen LogP contribution in [-0.4, -0.2) is 78.7 Å². The van der Waals surface area contributed by atoms with Gasteiger partial charge in [-0.15, -0.1) is 10.5 Å². The summed E-state index contributed by atoms with van der Waals surface area (Å²) in [5.74, 6) is 0. The summed E-state index contributed by atoms with van der Waals surface area (Å²) in [5, 5.41) is 2.33. The maximum absolute atomic E-state index is 13.2. The summed E-state index contributed by atoms with van der Waals surface area (Å²) in [6, 6.07) is 7.83. The van der Waals surface area contributed by atoms with Crippen LogP contribution in [0.3, 0.4) is 0 Å². The van der Waals surface area contributed by atoms with Gasteiger partial charge in [-0.2, -0.15) is 0 Å². The molecule has 0 radical (unpaired) electrons. The smallest absolute Gasteiger partial charge is 0.426 e. The van der Waals surface area contributed by atoms with Crippen molar-refractivity contribution in [3.63, 3.8) is 0 Å². The molecular formula is C23H26ClN5O3S. The van der Waals surface area contributed by atoms with Crippen LogP contribution >= 0.6 is 22.1 Å². The van der Waals surface area contributed by atoms with E-state index in [9.17, 15) is 4.79 Å². The van der Waals surface area contributed by atoms with Gasteiger partial charge >= 0.3 is 6.09 Å². The number of para-hydroxylation sites is 1. The van der Waals surface area contributed by atoms with Crippen LogP contribution in [0.25, 0.3) is 0 Å². The van der Waals surface area contributed by atoms with Gasteiger partial charge in [-0.1, -0.05) is 23.7 Å². The van der Waals surface area contributed by atoms with Gasteiger partial charge in [0.25, 0.3) is 0 Å². The highest BCUT2D eigenvalue weighted by Crippen LogP contribution is 2.45. The predicted octanol–water partition coefficient (Wildman–Crippen LogP) is 3.15. The molecule has 5 aliphatic rings. The number of anilines is 1. The van der Waals surface area contributed by atoms with Gasteiger partial charge in [-0.3, -0.25) is 4.99 Å². The molecule has 2 fully saturated rings. The summed E-state index contributed by atoms with van der Waals surface area (Å²) in [6.45, 7) is 3.06. The van der Waals surface area contributed by atoms with Gasteiger partial charge in [0.05, 0.1) is 48.7 Å². The second kappa shape index (κ2) is 8.56. The van der Waals surface area contributed by atoms with E-state index in [2.05, 4.69) is 32.7 Å². The van der Waals surface area contributed by atoms with Crippen molar-refractivity contribution in [3.8, 4) is 0 Å². The molecule has 0 saturated carbocycles. The van der Waals surface area contributed by atoms with E-state index in [1.165, 1.54) is 21.0 Å². The number of allylic oxidation sites excluding steroid dienone is 1. The zero-order valence-electron chi connectivity index (χ0n) is 18.4. The number of benzene rings is 1. The Balaban J connectivity index is 1.37. The van der Waals surface area contributed by atoms with Crippen molar-refractivity contribution in [3.05, 3.63) is 51.5 Å². The minimum atomic E-state index is -0.339. The Kier molecular flexibility index (Phi) is 5.54. The van der Waals surface area contributed by atoms with Crippen molar-refractivity contribution in [2.75, 3.05) is 44.1 Å². The SMILES string of the molecule is CS1=C2C(=CN(c3ccccc3Cl)CC3N2CNN3C(=O)OC2CCOCC2)C2=C1C=NC2. The van der Waals surface area contributed by atoms with Crippen molar-refractivity contribution in [1.29, 1.82) is 0 Å². The van der Waals surface area contributed by atoms with E-state index < -0.39 is 0 Å². The molecule has 1 amide bonds. The first-order valence-electron chi connectivity index (χ1n) is 11.2. The minimum Gasteiger partial charge on any atom is -0.445 e. The predicted molar refractivity (Wildman–Crippen MR) is 132 cm³/mol. The Labute approximate surface area is 200 Å². The molecule has 8 nitrogen and oxygen atoms in total. The van der Waals surface area contributed by atoms with Gasteiger partial charge in [0.2, 0.25) is 0 Å². The van der Waals surface area contributed by atoms with E-state index in [0.29, 0.717) is 38.0 Å². The molecule has 1 aromatic rings. The van der Waals surface area contributed by atoms with Crippen LogP contribution in [0.15, 0.2) is 51.5 Å². The molecule has 1 aromatic carbocycles. The van der Waals surface area contributed by atoms with Crippen molar-refractivity contribution >= 4 is 45.1 Å². The van der Waals surface area contributed by atoms with Crippen LogP contribution in [0.1, 0.15) is 12.8 Å². The maximum Gasteiger partial charge on any atom is 0.426 e. The summed E-state index contributed by atoms with van der Waals surface area (Å²) in [4.78, 5) is 24.8. The van der Waals surface area contributed by atoms with Gasteiger partial charge in [-0.05, 0) is 24.0 Å². The lowest BCUT2D eigenvalue weighted by atomic mass is 10.1. The Morgan fingerprint density at radius 1 is 1.30 bits per heavy atom. The van der Waals surface area contributed by atoms with Gasteiger partial charge in [-0.25, -0.2) is 20.1 Å². The Morgan fingerprint density at radius 2 is 2.12 bits per heavy atom. The van der Waals surface area contributed by atoms with Crippen LogP contribution in [0.4, 0.5) is 10.5 Å². The van der Waals surface area contributed by atoms with Crippen molar-refractivity contribution < 1.29 is 14.3 Å². The number of carbonyl (C=O) groups excluding carboxylic acids is 1. The second-order valence-corrected chi connectivity index (χ2v) is 10.9.